The van der Waals surface area contributed by atoms with E-state index in [2.05, 4.69) is 6.58 Å². The zero-order valence-electron chi connectivity index (χ0n) is 5.93. The van der Waals surface area contributed by atoms with Crippen LogP contribution in [0.15, 0.2) is 10.2 Å². The lowest BCUT2D eigenvalue weighted by molar-refractivity contribution is -0.118. The maximum absolute atomic E-state index is 10.4. The number of Topliss-reactive ketones (excluding diaryl/α,β-unsaturated/α-hetero) is 1. The van der Waals surface area contributed by atoms with Crippen LogP contribution in [0, 0.1) is 0 Å². The number of rotatable bonds is 4. The fourth-order valence-electron chi connectivity index (χ4n) is 0.660. The number of carbonyl (C=O) groups excluding carboxylic acids is 1. The Morgan fingerprint density at radius 3 is 2.50 bits per heavy atom. The molecular weight excluding hydrogens is 243 g/mol. The van der Waals surface area contributed by atoms with Gasteiger partial charge in [-0.2, -0.15) is 0 Å². The standard InChI is InChI=1S/C7H11IO2/c1-5(8)3-7(10)4-6(2)9/h7,10H,1,3-4H2,2H3/t7-/m1/s1. The molecule has 0 aromatic carbocycles. The van der Waals surface area contributed by atoms with E-state index in [4.69, 9.17) is 5.11 Å². The van der Waals surface area contributed by atoms with Gasteiger partial charge in [-0.1, -0.05) is 6.58 Å². The van der Waals surface area contributed by atoms with Crippen LogP contribution in [0.1, 0.15) is 19.8 Å². The van der Waals surface area contributed by atoms with Gasteiger partial charge in [-0.25, -0.2) is 0 Å². The summed E-state index contributed by atoms with van der Waals surface area (Å²) in [6.45, 7) is 5.09. The molecule has 0 rings (SSSR count). The summed E-state index contributed by atoms with van der Waals surface area (Å²) >= 11 is 2.04. The van der Waals surface area contributed by atoms with Crippen molar-refractivity contribution in [3.05, 3.63) is 10.2 Å². The number of hydrogen-bond acceptors (Lipinski definition) is 2. The second kappa shape index (κ2) is 4.85. The van der Waals surface area contributed by atoms with Gasteiger partial charge in [0.15, 0.2) is 0 Å². The Hall–Kier alpha value is 0.100. The molecule has 0 spiro atoms. The molecule has 58 valence electrons. The zero-order valence-corrected chi connectivity index (χ0v) is 8.09. The number of hydrogen-bond donors (Lipinski definition) is 1. The summed E-state index contributed by atoms with van der Waals surface area (Å²) in [6.07, 6.45) is 0.212. The first-order chi connectivity index (χ1) is 4.52. The quantitative estimate of drug-likeness (QED) is 0.775. The zero-order chi connectivity index (χ0) is 8.15. The van der Waals surface area contributed by atoms with E-state index in [9.17, 15) is 4.79 Å². The lowest BCUT2D eigenvalue weighted by atomic mass is 10.1. The average Bonchev–Trinajstić information content (AvgIpc) is 1.58. The maximum Gasteiger partial charge on any atom is 0.132 e. The van der Waals surface area contributed by atoms with Gasteiger partial charge in [0.25, 0.3) is 0 Å². The van der Waals surface area contributed by atoms with E-state index in [1.165, 1.54) is 6.92 Å². The third-order valence-corrected chi connectivity index (χ3v) is 1.42. The topological polar surface area (TPSA) is 37.3 Å². The minimum Gasteiger partial charge on any atom is -0.392 e. The monoisotopic (exact) mass is 254 g/mol. The molecule has 0 bridgehead atoms. The van der Waals surface area contributed by atoms with E-state index in [1.54, 1.807) is 0 Å². The highest BCUT2D eigenvalue weighted by molar-refractivity contribution is 14.1. The largest absolute Gasteiger partial charge is 0.392 e. The van der Waals surface area contributed by atoms with Gasteiger partial charge in [0.1, 0.15) is 5.78 Å². The van der Waals surface area contributed by atoms with Crippen molar-refractivity contribution >= 4 is 28.4 Å². The van der Waals surface area contributed by atoms with Crippen LogP contribution in [0.2, 0.25) is 0 Å². The first-order valence-electron chi connectivity index (χ1n) is 3.03. The lowest BCUT2D eigenvalue weighted by Gasteiger charge is -2.05. The van der Waals surface area contributed by atoms with Gasteiger partial charge in [0, 0.05) is 12.8 Å². The molecule has 0 aliphatic rings. The SMILES string of the molecule is C=C(I)C[C@@H](O)CC(C)=O. The van der Waals surface area contributed by atoms with Crippen molar-refractivity contribution in [2.45, 2.75) is 25.9 Å². The fourth-order valence-corrected chi connectivity index (χ4v) is 1.17. The molecule has 1 atom stereocenters. The summed E-state index contributed by atoms with van der Waals surface area (Å²) in [7, 11) is 0. The van der Waals surface area contributed by atoms with Crippen LogP contribution in [-0.2, 0) is 4.79 Å². The molecule has 0 aromatic heterocycles. The van der Waals surface area contributed by atoms with Crippen LogP contribution in [0.3, 0.4) is 0 Å². The van der Waals surface area contributed by atoms with Crippen LogP contribution >= 0.6 is 22.6 Å². The Kier molecular flexibility index (Phi) is 4.89. The summed E-state index contributed by atoms with van der Waals surface area (Å²) < 4.78 is 0.881. The maximum atomic E-state index is 10.4. The van der Waals surface area contributed by atoms with Gasteiger partial charge < -0.3 is 5.11 Å². The second-order valence-electron chi connectivity index (χ2n) is 2.28. The molecule has 0 heterocycles. The number of halogens is 1. The van der Waals surface area contributed by atoms with Crippen molar-refractivity contribution in [2.75, 3.05) is 0 Å². The van der Waals surface area contributed by atoms with Crippen molar-refractivity contribution in [3.63, 3.8) is 0 Å². The van der Waals surface area contributed by atoms with Crippen LogP contribution in [0.5, 0.6) is 0 Å². The van der Waals surface area contributed by atoms with Gasteiger partial charge in [-0.3, -0.25) is 4.79 Å². The minimum atomic E-state index is -0.540. The first kappa shape index (κ1) is 10.1. The number of aliphatic hydroxyl groups excluding tert-OH is 1. The fraction of sp³-hybridized carbons (Fsp3) is 0.571. The Labute approximate surface area is 74.5 Å². The Morgan fingerprint density at radius 1 is 1.70 bits per heavy atom. The third-order valence-electron chi connectivity index (χ3n) is 0.980. The number of carbonyl (C=O) groups is 1. The predicted octanol–water partition coefficient (Wildman–Crippen LogP) is 1.67. The normalized spacial score (nSPS) is 12.7. The van der Waals surface area contributed by atoms with E-state index >= 15 is 0 Å². The van der Waals surface area contributed by atoms with Gasteiger partial charge in [0.2, 0.25) is 0 Å². The summed E-state index contributed by atoms with van der Waals surface area (Å²) in [6, 6.07) is 0. The molecule has 0 saturated heterocycles. The minimum absolute atomic E-state index is 0.0187. The molecule has 0 aliphatic carbocycles. The van der Waals surface area contributed by atoms with E-state index in [-0.39, 0.29) is 12.2 Å². The first-order valence-corrected chi connectivity index (χ1v) is 4.11. The molecule has 10 heavy (non-hydrogen) atoms. The summed E-state index contributed by atoms with van der Waals surface area (Å²) in [4.78, 5) is 10.4. The Balaban J connectivity index is 3.53. The molecule has 1 N–H and O–H groups in total. The van der Waals surface area contributed by atoms with E-state index < -0.39 is 6.10 Å². The molecule has 0 unspecified atom stereocenters. The molecule has 0 aromatic rings. The van der Waals surface area contributed by atoms with Gasteiger partial charge in [0.05, 0.1) is 6.10 Å². The average molecular weight is 254 g/mol. The predicted molar refractivity (Wildman–Crippen MR) is 49.1 cm³/mol. The molecule has 0 radical (unpaired) electrons. The van der Waals surface area contributed by atoms with Crippen molar-refractivity contribution < 1.29 is 9.90 Å². The molecule has 0 saturated carbocycles. The van der Waals surface area contributed by atoms with Gasteiger partial charge in [-0.05, 0) is 33.1 Å². The van der Waals surface area contributed by atoms with E-state index in [0.717, 1.165) is 3.58 Å². The van der Waals surface area contributed by atoms with Crippen LogP contribution in [0.4, 0.5) is 0 Å². The smallest absolute Gasteiger partial charge is 0.132 e. The van der Waals surface area contributed by atoms with Crippen LogP contribution in [-0.4, -0.2) is 17.0 Å². The summed E-state index contributed by atoms with van der Waals surface area (Å²) in [5, 5.41) is 9.10. The van der Waals surface area contributed by atoms with E-state index in [1.807, 2.05) is 22.6 Å². The van der Waals surface area contributed by atoms with Crippen molar-refractivity contribution in [3.8, 4) is 0 Å². The number of ketones is 1. The van der Waals surface area contributed by atoms with Crippen LogP contribution in [0.25, 0.3) is 0 Å². The molecule has 0 amide bonds. The highest BCUT2D eigenvalue weighted by Gasteiger charge is 2.06. The molecule has 0 fully saturated rings. The van der Waals surface area contributed by atoms with Crippen molar-refractivity contribution in [1.82, 2.24) is 0 Å². The van der Waals surface area contributed by atoms with Gasteiger partial charge in [-0.15, -0.1) is 0 Å². The lowest BCUT2D eigenvalue weighted by Crippen LogP contribution is -2.10. The van der Waals surface area contributed by atoms with E-state index in [0.29, 0.717) is 6.42 Å². The molecular formula is C7H11IO2. The molecule has 2 nitrogen and oxygen atoms in total. The molecule has 3 heteroatoms. The van der Waals surface area contributed by atoms with Crippen LogP contribution < -0.4 is 0 Å². The summed E-state index contributed by atoms with van der Waals surface area (Å²) in [5.41, 5.74) is 0. The Bertz CT molecular complexity index is 127. The highest BCUT2D eigenvalue weighted by Crippen LogP contribution is 2.12. The highest BCUT2D eigenvalue weighted by atomic mass is 127. The van der Waals surface area contributed by atoms with Crippen molar-refractivity contribution in [2.24, 2.45) is 0 Å². The number of aliphatic hydroxyl groups is 1. The Morgan fingerprint density at radius 2 is 2.20 bits per heavy atom. The second-order valence-corrected chi connectivity index (χ2v) is 3.81. The van der Waals surface area contributed by atoms with Gasteiger partial charge >= 0.3 is 0 Å². The summed E-state index contributed by atoms with van der Waals surface area (Å²) in [5.74, 6) is 0.0187. The third kappa shape index (κ3) is 6.22. The molecule has 0 aliphatic heterocycles. The van der Waals surface area contributed by atoms with Crippen molar-refractivity contribution in [1.29, 1.82) is 0 Å².